The third kappa shape index (κ3) is 3.31. The van der Waals surface area contributed by atoms with Crippen molar-refractivity contribution < 1.29 is 9.53 Å². The summed E-state index contributed by atoms with van der Waals surface area (Å²) in [6.07, 6.45) is 0. The van der Waals surface area contributed by atoms with E-state index in [9.17, 15) is 4.79 Å². The number of ether oxygens (including phenoxy) is 1. The molecule has 3 aromatic rings. The van der Waals surface area contributed by atoms with Gasteiger partial charge in [0, 0.05) is 22.0 Å². The highest BCUT2D eigenvalue weighted by molar-refractivity contribution is 7.80. The first kappa shape index (κ1) is 20.8. The molecule has 3 atom stereocenters. The van der Waals surface area contributed by atoms with Crippen LogP contribution in [0.2, 0.25) is 5.02 Å². The average molecular weight is 464 g/mol. The van der Waals surface area contributed by atoms with Crippen LogP contribution in [0.4, 0.5) is 11.4 Å². The lowest BCUT2D eigenvalue weighted by Gasteiger charge is -2.56. The van der Waals surface area contributed by atoms with Gasteiger partial charge in [-0.3, -0.25) is 9.69 Å². The molecule has 1 saturated heterocycles. The molecule has 1 fully saturated rings. The Morgan fingerprint density at radius 3 is 2.53 bits per heavy atom. The quantitative estimate of drug-likeness (QED) is 0.506. The van der Waals surface area contributed by atoms with Gasteiger partial charge in [0.2, 0.25) is 5.91 Å². The van der Waals surface area contributed by atoms with Crippen LogP contribution < -0.4 is 20.3 Å². The third-order valence-corrected chi connectivity index (χ3v) is 6.71. The average Bonchev–Trinajstić information content (AvgIpc) is 2.76. The van der Waals surface area contributed by atoms with Crippen molar-refractivity contribution in [3.8, 4) is 5.75 Å². The van der Waals surface area contributed by atoms with Gasteiger partial charge in [-0.1, -0.05) is 48.0 Å². The van der Waals surface area contributed by atoms with E-state index in [1.54, 1.807) is 24.3 Å². The van der Waals surface area contributed by atoms with E-state index in [1.807, 2.05) is 67.3 Å². The van der Waals surface area contributed by atoms with Gasteiger partial charge >= 0.3 is 0 Å². The minimum Gasteiger partial charge on any atom is -0.467 e. The number of thiocarbonyl (C=S) groups is 1. The van der Waals surface area contributed by atoms with E-state index in [1.165, 1.54) is 0 Å². The molecule has 2 heterocycles. The number of carbonyl (C=O) groups excluding carboxylic acids is 1. The van der Waals surface area contributed by atoms with Crippen LogP contribution in [0.15, 0.2) is 72.8 Å². The fraction of sp³-hybridized carbons (Fsp3) is 0.200. The zero-order valence-electron chi connectivity index (χ0n) is 17.6. The number of halogens is 1. The van der Waals surface area contributed by atoms with Crippen LogP contribution in [0.1, 0.15) is 24.1 Å². The number of aryl methyl sites for hydroxylation is 1. The number of anilines is 2. The molecule has 32 heavy (non-hydrogen) atoms. The summed E-state index contributed by atoms with van der Waals surface area (Å²) in [5.74, 6) is -0.00794. The first-order valence-electron chi connectivity index (χ1n) is 10.4. The topological polar surface area (TPSA) is 53.6 Å². The van der Waals surface area contributed by atoms with Crippen molar-refractivity contribution in [3.05, 3.63) is 88.9 Å². The fourth-order valence-electron chi connectivity index (χ4n) is 4.66. The number of nitrogens with one attached hydrogen (secondary N) is 2. The lowest BCUT2D eigenvalue weighted by atomic mass is 9.78. The van der Waals surface area contributed by atoms with E-state index in [-0.39, 0.29) is 11.9 Å². The third-order valence-electron chi connectivity index (χ3n) is 6.16. The maximum atomic E-state index is 13.7. The molecule has 5 rings (SSSR count). The molecular weight excluding hydrogens is 442 g/mol. The summed E-state index contributed by atoms with van der Waals surface area (Å²) in [6.45, 7) is 3.95. The molecule has 3 unspecified atom stereocenters. The van der Waals surface area contributed by atoms with Gasteiger partial charge in [-0.15, -0.1) is 0 Å². The number of hydrogen-bond donors (Lipinski definition) is 2. The van der Waals surface area contributed by atoms with Crippen molar-refractivity contribution >= 4 is 46.2 Å². The van der Waals surface area contributed by atoms with Crippen LogP contribution >= 0.6 is 23.8 Å². The van der Waals surface area contributed by atoms with Gasteiger partial charge in [0.15, 0.2) is 10.8 Å². The van der Waals surface area contributed by atoms with E-state index < -0.39 is 11.6 Å². The zero-order valence-corrected chi connectivity index (χ0v) is 19.2. The van der Waals surface area contributed by atoms with Crippen LogP contribution in [0, 0.1) is 12.8 Å². The predicted molar refractivity (Wildman–Crippen MR) is 131 cm³/mol. The maximum absolute atomic E-state index is 13.7. The first-order chi connectivity index (χ1) is 15.4. The molecule has 0 spiro atoms. The summed E-state index contributed by atoms with van der Waals surface area (Å²) in [5.41, 5.74) is 2.48. The number of fused-ring (bicyclic) bond motifs is 4. The standard InChI is InChI=1S/C25H22ClN3O2S/c1-15-7-3-5-9-19(15)29-24(32)28-22-18-8-4-6-10-20(18)31-25(29,2)21(22)23(30)27-17-13-11-16(26)12-14-17/h3-14,21-22H,1-2H3,(H,27,30)(H,28,32). The lowest BCUT2D eigenvalue weighted by Crippen LogP contribution is -2.72. The molecule has 2 bridgehead atoms. The Bertz CT molecular complexity index is 1220. The second kappa shape index (κ2) is 7.80. The zero-order chi connectivity index (χ0) is 22.5. The fourth-order valence-corrected chi connectivity index (χ4v) is 5.19. The maximum Gasteiger partial charge on any atom is 0.236 e. The monoisotopic (exact) mass is 463 g/mol. The van der Waals surface area contributed by atoms with E-state index in [4.69, 9.17) is 28.6 Å². The number of rotatable bonds is 3. The van der Waals surface area contributed by atoms with Crippen molar-refractivity contribution in [2.75, 3.05) is 10.2 Å². The molecule has 5 nitrogen and oxygen atoms in total. The summed E-state index contributed by atoms with van der Waals surface area (Å²) < 4.78 is 6.59. The second-order valence-corrected chi connectivity index (χ2v) is 9.04. The largest absolute Gasteiger partial charge is 0.467 e. The van der Waals surface area contributed by atoms with Crippen LogP contribution in [-0.4, -0.2) is 16.7 Å². The van der Waals surface area contributed by atoms with E-state index >= 15 is 0 Å². The number of amides is 1. The molecule has 0 saturated carbocycles. The minimum atomic E-state index is -1.04. The second-order valence-electron chi connectivity index (χ2n) is 8.22. The Balaban J connectivity index is 1.62. The molecule has 0 aromatic heterocycles. The molecule has 1 amide bonds. The number of carbonyl (C=O) groups is 1. The molecule has 0 aliphatic carbocycles. The lowest BCUT2D eigenvalue weighted by molar-refractivity contribution is -0.130. The van der Waals surface area contributed by atoms with Crippen LogP contribution in [-0.2, 0) is 4.79 Å². The number of hydrogen-bond acceptors (Lipinski definition) is 3. The van der Waals surface area contributed by atoms with Gasteiger partial charge in [0.05, 0.1) is 6.04 Å². The van der Waals surface area contributed by atoms with Gasteiger partial charge < -0.3 is 15.4 Å². The molecular formula is C25H22ClN3O2S. The van der Waals surface area contributed by atoms with Crippen molar-refractivity contribution in [2.24, 2.45) is 5.92 Å². The Morgan fingerprint density at radius 1 is 1.09 bits per heavy atom. The van der Waals surface area contributed by atoms with E-state index in [0.717, 1.165) is 22.6 Å². The van der Waals surface area contributed by atoms with E-state index in [0.29, 0.717) is 15.8 Å². The highest BCUT2D eigenvalue weighted by Crippen LogP contribution is 2.50. The number of nitrogens with zero attached hydrogens (tertiary/aromatic N) is 1. The molecule has 162 valence electrons. The Morgan fingerprint density at radius 2 is 1.78 bits per heavy atom. The van der Waals surface area contributed by atoms with Gasteiger partial charge in [-0.25, -0.2) is 0 Å². The van der Waals surface area contributed by atoms with Crippen LogP contribution in [0.5, 0.6) is 5.75 Å². The van der Waals surface area contributed by atoms with Gasteiger partial charge in [0.1, 0.15) is 11.7 Å². The highest BCUT2D eigenvalue weighted by Gasteiger charge is 2.59. The summed E-state index contributed by atoms with van der Waals surface area (Å²) >= 11 is 11.8. The van der Waals surface area contributed by atoms with Crippen molar-refractivity contribution in [2.45, 2.75) is 25.6 Å². The Labute approximate surface area is 197 Å². The number of para-hydroxylation sites is 2. The molecule has 0 radical (unpaired) electrons. The summed E-state index contributed by atoms with van der Waals surface area (Å²) in [7, 11) is 0. The van der Waals surface area contributed by atoms with Crippen molar-refractivity contribution in [1.29, 1.82) is 0 Å². The van der Waals surface area contributed by atoms with Crippen molar-refractivity contribution in [1.82, 2.24) is 5.32 Å². The number of benzene rings is 3. The molecule has 2 N–H and O–H groups in total. The van der Waals surface area contributed by atoms with E-state index in [2.05, 4.69) is 10.6 Å². The smallest absolute Gasteiger partial charge is 0.236 e. The van der Waals surface area contributed by atoms with Crippen LogP contribution in [0.25, 0.3) is 0 Å². The molecule has 2 aliphatic rings. The van der Waals surface area contributed by atoms with Gasteiger partial charge in [-0.2, -0.15) is 0 Å². The normalized spacial score (nSPS) is 23.6. The minimum absolute atomic E-state index is 0.164. The SMILES string of the molecule is Cc1ccccc1N1C(=S)NC2c3ccccc3OC1(C)C2C(=O)Nc1ccc(Cl)cc1. The molecule has 7 heteroatoms. The Kier molecular flexibility index (Phi) is 5.07. The molecule has 3 aromatic carbocycles. The van der Waals surface area contributed by atoms with Crippen molar-refractivity contribution in [3.63, 3.8) is 0 Å². The van der Waals surface area contributed by atoms with Gasteiger partial charge in [0.25, 0.3) is 0 Å². The predicted octanol–water partition coefficient (Wildman–Crippen LogP) is 5.45. The Hall–Kier alpha value is -3.09. The first-order valence-corrected chi connectivity index (χ1v) is 11.2. The van der Waals surface area contributed by atoms with Gasteiger partial charge in [-0.05, 0) is 68.0 Å². The molecule has 2 aliphatic heterocycles. The summed E-state index contributed by atoms with van der Waals surface area (Å²) in [6, 6.07) is 22.5. The summed E-state index contributed by atoms with van der Waals surface area (Å²) in [5, 5.41) is 7.60. The summed E-state index contributed by atoms with van der Waals surface area (Å²) in [4.78, 5) is 15.6. The highest BCUT2D eigenvalue weighted by atomic mass is 35.5. The van der Waals surface area contributed by atoms with Crippen LogP contribution in [0.3, 0.4) is 0 Å².